The Hall–Kier alpha value is -2.54. The maximum atomic E-state index is 13.0. The Balaban J connectivity index is 1.55. The van der Waals surface area contributed by atoms with Crippen molar-refractivity contribution in [3.05, 3.63) is 62.8 Å². The smallest absolute Gasteiger partial charge is 0.262 e. The third-order valence-electron chi connectivity index (χ3n) is 5.35. The Morgan fingerprint density at radius 1 is 1.36 bits per heavy atom. The maximum Gasteiger partial charge on any atom is 0.262 e. The van der Waals surface area contributed by atoms with Crippen LogP contribution in [0.25, 0.3) is 10.2 Å². The minimum Gasteiger partial charge on any atom is -0.340 e. The van der Waals surface area contributed by atoms with E-state index in [4.69, 9.17) is 0 Å². The van der Waals surface area contributed by atoms with Crippen LogP contribution in [0.15, 0.2) is 35.4 Å². The highest BCUT2D eigenvalue weighted by atomic mass is 32.1. The van der Waals surface area contributed by atoms with Gasteiger partial charge in [-0.15, -0.1) is 11.3 Å². The summed E-state index contributed by atoms with van der Waals surface area (Å²) in [6.45, 7) is 2.53. The van der Waals surface area contributed by atoms with E-state index >= 15 is 0 Å². The van der Waals surface area contributed by atoms with E-state index in [1.807, 2.05) is 0 Å². The molecule has 0 saturated heterocycles. The van der Waals surface area contributed by atoms with Gasteiger partial charge in [0.2, 0.25) is 5.91 Å². The fraction of sp³-hybridized carbons (Fsp3) is 0.381. The van der Waals surface area contributed by atoms with Crippen molar-refractivity contribution in [2.75, 3.05) is 7.05 Å². The van der Waals surface area contributed by atoms with Crippen LogP contribution in [-0.4, -0.2) is 27.4 Å². The molecule has 146 valence electrons. The number of aryl methyl sites for hydroxylation is 1. The summed E-state index contributed by atoms with van der Waals surface area (Å²) < 4.78 is 14.4. The van der Waals surface area contributed by atoms with Gasteiger partial charge in [0.25, 0.3) is 5.56 Å². The molecule has 0 unspecified atom stereocenters. The summed E-state index contributed by atoms with van der Waals surface area (Å²) in [5, 5.41) is 0.684. The van der Waals surface area contributed by atoms with Gasteiger partial charge in [-0.05, 0) is 48.4 Å². The second-order valence-corrected chi connectivity index (χ2v) is 8.67. The molecule has 1 aliphatic carbocycles. The Morgan fingerprint density at radius 2 is 2.11 bits per heavy atom. The van der Waals surface area contributed by atoms with Gasteiger partial charge in [-0.25, -0.2) is 9.37 Å². The van der Waals surface area contributed by atoms with Gasteiger partial charge in [0.1, 0.15) is 17.2 Å². The average Bonchev–Trinajstić information content (AvgIpc) is 3.03. The number of fused-ring (bicyclic) bond motifs is 3. The van der Waals surface area contributed by atoms with E-state index in [0.717, 1.165) is 35.2 Å². The number of hydrogen-bond donors (Lipinski definition) is 0. The SMILES string of the molecule is C[C@H]1CCc2c(sc3ncn(CC(=O)N(C)Cc4ccc(F)cc4)c(=O)c23)C1. The molecule has 1 amide bonds. The standard InChI is InChI=1S/C21H22FN3O2S/c1-13-3-8-16-17(9-13)28-20-19(16)21(27)25(12-23-20)11-18(26)24(2)10-14-4-6-15(22)7-5-14/h4-7,12-13H,3,8-11H2,1-2H3/t13-/m0/s1. The molecule has 0 spiro atoms. The summed E-state index contributed by atoms with van der Waals surface area (Å²) in [5.41, 5.74) is 1.82. The molecule has 0 fully saturated rings. The van der Waals surface area contributed by atoms with Crippen LogP contribution in [0.2, 0.25) is 0 Å². The number of amides is 1. The van der Waals surface area contributed by atoms with E-state index < -0.39 is 0 Å². The van der Waals surface area contributed by atoms with Gasteiger partial charge in [-0.2, -0.15) is 0 Å². The van der Waals surface area contributed by atoms with E-state index in [-0.39, 0.29) is 23.8 Å². The zero-order valence-corrected chi connectivity index (χ0v) is 16.8. The van der Waals surface area contributed by atoms with Gasteiger partial charge >= 0.3 is 0 Å². The van der Waals surface area contributed by atoms with Crippen LogP contribution in [0.5, 0.6) is 0 Å². The average molecular weight is 399 g/mol. The number of carbonyl (C=O) groups is 1. The lowest BCUT2D eigenvalue weighted by atomic mass is 9.89. The number of aromatic nitrogens is 2. The number of carbonyl (C=O) groups excluding carboxylic acids is 1. The summed E-state index contributed by atoms with van der Waals surface area (Å²) in [7, 11) is 1.68. The van der Waals surface area contributed by atoms with Crippen molar-refractivity contribution in [3.8, 4) is 0 Å². The van der Waals surface area contributed by atoms with Crippen molar-refractivity contribution in [3.63, 3.8) is 0 Å². The highest BCUT2D eigenvalue weighted by Gasteiger charge is 2.23. The third-order valence-corrected chi connectivity index (χ3v) is 6.51. The Kier molecular flexibility index (Phi) is 5.02. The van der Waals surface area contributed by atoms with E-state index in [1.165, 1.54) is 32.8 Å². The van der Waals surface area contributed by atoms with Crippen LogP contribution in [0.3, 0.4) is 0 Å². The number of halogens is 1. The first-order chi connectivity index (χ1) is 13.4. The van der Waals surface area contributed by atoms with Crippen LogP contribution in [0.4, 0.5) is 4.39 Å². The van der Waals surface area contributed by atoms with Crippen LogP contribution >= 0.6 is 11.3 Å². The van der Waals surface area contributed by atoms with Crippen LogP contribution in [0, 0.1) is 11.7 Å². The Morgan fingerprint density at radius 3 is 2.86 bits per heavy atom. The zero-order chi connectivity index (χ0) is 19.8. The van der Waals surface area contributed by atoms with E-state index in [0.29, 0.717) is 17.8 Å². The van der Waals surface area contributed by atoms with Gasteiger partial charge in [-0.3, -0.25) is 14.2 Å². The fourth-order valence-corrected chi connectivity index (χ4v) is 5.04. The molecular weight excluding hydrogens is 377 g/mol. The van der Waals surface area contributed by atoms with Crippen molar-refractivity contribution in [2.45, 2.75) is 39.3 Å². The van der Waals surface area contributed by atoms with Crippen molar-refractivity contribution >= 4 is 27.5 Å². The molecule has 28 heavy (non-hydrogen) atoms. The number of benzene rings is 1. The predicted molar refractivity (Wildman–Crippen MR) is 108 cm³/mol. The summed E-state index contributed by atoms with van der Waals surface area (Å²) in [6, 6.07) is 6.04. The van der Waals surface area contributed by atoms with E-state index in [1.54, 1.807) is 30.5 Å². The second-order valence-electron chi connectivity index (χ2n) is 7.59. The lowest BCUT2D eigenvalue weighted by Crippen LogP contribution is -2.33. The number of thiophene rings is 1. The number of rotatable bonds is 4. The molecule has 1 aromatic carbocycles. The summed E-state index contributed by atoms with van der Waals surface area (Å²) in [4.78, 5) is 33.6. The molecular formula is C21H22FN3O2S. The molecule has 0 aliphatic heterocycles. The zero-order valence-electron chi connectivity index (χ0n) is 15.9. The highest BCUT2D eigenvalue weighted by molar-refractivity contribution is 7.18. The number of likely N-dealkylation sites (N-methyl/N-ethyl adjacent to an activating group) is 1. The molecule has 2 heterocycles. The minimum atomic E-state index is -0.308. The van der Waals surface area contributed by atoms with Gasteiger partial charge in [-0.1, -0.05) is 19.1 Å². The first-order valence-corrected chi connectivity index (χ1v) is 10.2. The Labute approximate surface area is 166 Å². The third kappa shape index (κ3) is 3.58. The van der Waals surface area contributed by atoms with Crippen LogP contribution < -0.4 is 5.56 Å². The quantitative estimate of drug-likeness (QED) is 0.676. The topological polar surface area (TPSA) is 55.2 Å². The monoisotopic (exact) mass is 399 g/mol. The van der Waals surface area contributed by atoms with Gasteiger partial charge in [0, 0.05) is 18.5 Å². The number of nitrogens with zero attached hydrogens (tertiary/aromatic N) is 3. The van der Waals surface area contributed by atoms with Gasteiger partial charge in [0.05, 0.1) is 11.7 Å². The Bertz CT molecular complexity index is 1090. The summed E-state index contributed by atoms with van der Waals surface area (Å²) >= 11 is 1.60. The predicted octanol–water partition coefficient (Wildman–Crippen LogP) is 3.38. The molecule has 0 radical (unpaired) electrons. The number of hydrogen-bond acceptors (Lipinski definition) is 4. The second kappa shape index (κ2) is 7.47. The van der Waals surface area contributed by atoms with Crippen molar-refractivity contribution in [2.24, 2.45) is 5.92 Å². The van der Waals surface area contributed by atoms with Gasteiger partial charge < -0.3 is 4.90 Å². The molecule has 2 aromatic heterocycles. The molecule has 7 heteroatoms. The summed E-state index contributed by atoms with van der Waals surface area (Å²) in [5.74, 6) is 0.131. The highest BCUT2D eigenvalue weighted by Crippen LogP contribution is 2.35. The van der Waals surface area contributed by atoms with E-state index in [9.17, 15) is 14.0 Å². The summed E-state index contributed by atoms with van der Waals surface area (Å²) in [6.07, 6.45) is 4.44. The molecule has 1 atom stereocenters. The molecule has 0 bridgehead atoms. The first-order valence-electron chi connectivity index (χ1n) is 9.40. The van der Waals surface area contributed by atoms with Crippen molar-refractivity contribution in [1.82, 2.24) is 14.5 Å². The van der Waals surface area contributed by atoms with Crippen LogP contribution in [-0.2, 0) is 30.7 Å². The van der Waals surface area contributed by atoms with E-state index in [2.05, 4.69) is 11.9 Å². The lowest BCUT2D eigenvalue weighted by molar-refractivity contribution is -0.131. The van der Waals surface area contributed by atoms with Crippen LogP contribution in [0.1, 0.15) is 29.3 Å². The minimum absolute atomic E-state index is 0.0551. The van der Waals surface area contributed by atoms with Crippen molar-refractivity contribution in [1.29, 1.82) is 0 Å². The largest absolute Gasteiger partial charge is 0.340 e. The molecule has 5 nitrogen and oxygen atoms in total. The molecule has 3 aromatic rings. The molecule has 4 rings (SSSR count). The molecule has 1 aliphatic rings. The molecule has 0 saturated carbocycles. The molecule has 0 N–H and O–H groups in total. The van der Waals surface area contributed by atoms with Crippen molar-refractivity contribution < 1.29 is 9.18 Å². The fourth-order valence-electron chi connectivity index (χ4n) is 3.70. The first kappa shape index (κ1) is 18.8. The lowest BCUT2D eigenvalue weighted by Gasteiger charge is -2.18. The normalized spacial score (nSPS) is 16.2. The van der Waals surface area contributed by atoms with Gasteiger partial charge in [0.15, 0.2) is 0 Å². The maximum absolute atomic E-state index is 13.0.